The zero-order valence-corrected chi connectivity index (χ0v) is 20.9. The van der Waals surface area contributed by atoms with Crippen LogP contribution in [0.1, 0.15) is 76.7 Å². The molecule has 1 aliphatic heterocycles. The second-order valence-electron chi connectivity index (χ2n) is 9.79. The minimum atomic E-state index is -1.83. The number of pyridine rings is 1. The highest BCUT2D eigenvalue weighted by Crippen LogP contribution is 2.42. The first kappa shape index (κ1) is 26.2. The molecule has 4 N–H and O–H groups in total. The maximum Gasteiger partial charge on any atom is 0.503 e. The standard InChI is InChI=1S/C24H35N5O3.CH2O3/c1-2-29-23-20(16-26-29)22(27-17-6-4-3-5-7-17)19(15-25-23)21-14-24(32-28-21)10-8-18(9-11-24)31-13-12-30;2-1(3)4/h15-18,30H,2-14H2,1H3,(H,25,27);(H2,2,3,4). The third-order valence-electron chi connectivity index (χ3n) is 7.36. The monoisotopic (exact) mass is 503 g/mol. The highest BCUT2D eigenvalue weighted by molar-refractivity contribution is 6.10. The van der Waals surface area contributed by atoms with Gasteiger partial charge in [0.15, 0.2) is 5.65 Å². The van der Waals surface area contributed by atoms with Gasteiger partial charge in [0, 0.05) is 30.8 Å². The normalized spacial score (nSPS) is 24.2. The van der Waals surface area contributed by atoms with E-state index in [1.807, 2.05) is 17.1 Å². The molecule has 1 spiro atoms. The molecule has 2 aromatic rings. The van der Waals surface area contributed by atoms with Crippen LogP contribution in [-0.4, -0.2) is 72.9 Å². The van der Waals surface area contributed by atoms with Crippen LogP contribution in [-0.2, 0) is 16.1 Å². The number of aliphatic hydroxyl groups is 1. The van der Waals surface area contributed by atoms with Gasteiger partial charge in [-0.05, 0) is 45.4 Å². The van der Waals surface area contributed by atoms with E-state index in [0.29, 0.717) is 12.6 Å². The molecule has 0 amide bonds. The Balaban J connectivity index is 0.000000709. The minimum Gasteiger partial charge on any atom is -0.450 e. The van der Waals surface area contributed by atoms with Gasteiger partial charge < -0.3 is 30.2 Å². The number of rotatable bonds is 7. The van der Waals surface area contributed by atoms with Crippen LogP contribution in [0.15, 0.2) is 17.5 Å². The quantitative estimate of drug-likeness (QED) is 0.435. The number of fused-ring (bicyclic) bond motifs is 1. The van der Waals surface area contributed by atoms with Crippen molar-refractivity contribution in [2.75, 3.05) is 18.5 Å². The third-order valence-corrected chi connectivity index (χ3v) is 7.36. The molecule has 3 heterocycles. The smallest absolute Gasteiger partial charge is 0.450 e. The number of anilines is 1. The number of oxime groups is 1. The largest absolute Gasteiger partial charge is 0.503 e. The van der Waals surface area contributed by atoms with Gasteiger partial charge in [0.1, 0.15) is 5.60 Å². The van der Waals surface area contributed by atoms with Gasteiger partial charge in [0.05, 0.1) is 42.3 Å². The summed E-state index contributed by atoms with van der Waals surface area (Å²) in [6.07, 6.45) is 13.1. The number of ether oxygens (including phenoxy) is 1. The first-order valence-electron chi connectivity index (χ1n) is 13.0. The van der Waals surface area contributed by atoms with Crippen LogP contribution in [0.2, 0.25) is 0 Å². The lowest BCUT2D eigenvalue weighted by Crippen LogP contribution is -2.37. The van der Waals surface area contributed by atoms with Crippen molar-refractivity contribution in [2.45, 2.75) is 95.4 Å². The number of carboxylic acid groups (broad SMARTS) is 2. The Hall–Kier alpha value is -2.92. The fraction of sp³-hybridized carbons (Fsp3) is 0.680. The van der Waals surface area contributed by atoms with Crippen LogP contribution in [0.5, 0.6) is 0 Å². The van der Waals surface area contributed by atoms with Crippen molar-refractivity contribution in [3.8, 4) is 0 Å². The lowest BCUT2D eigenvalue weighted by molar-refractivity contribution is -0.0848. The molecule has 0 bridgehead atoms. The molecule has 2 aromatic heterocycles. The summed E-state index contributed by atoms with van der Waals surface area (Å²) >= 11 is 0. The van der Waals surface area contributed by atoms with Gasteiger partial charge in [-0.1, -0.05) is 24.4 Å². The maximum atomic E-state index is 9.01. The number of aromatic nitrogens is 3. The lowest BCUT2D eigenvalue weighted by Gasteiger charge is -2.34. The molecule has 36 heavy (non-hydrogen) atoms. The number of carbonyl (C=O) groups is 1. The molecular formula is C25H37N5O6. The first-order chi connectivity index (χ1) is 17.4. The number of nitrogens with one attached hydrogen (secondary N) is 1. The van der Waals surface area contributed by atoms with E-state index >= 15 is 0 Å². The number of nitrogens with zero attached hydrogens (tertiary/aromatic N) is 4. The second-order valence-corrected chi connectivity index (χ2v) is 9.79. The van der Waals surface area contributed by atoms with E-state index in [2.05, 4.69) is 22.5 Å². The summed E-state index contributed by atoms with van der Waals surface area (Å²) in [5.74, 6) is 0. The second kappa shape index (κ2) is 11.9. The average Bonchev–Trinajstić information content (AvgIpc) is 3.49. The first-order valence-corrected chi connectivity index (χ1v) is 13.0. The van der Waals surface area contributed by atoms with E-state index < -0.39 is 6.16 Å². The van der Waals surface area contributed by atoms with Gasteiger partial charge in [0.2, 0.25) is 0 Å². The Kier molecular flexibility index (Phi) is 8.63. The molecule has 2 fully saturated rings. The summed E-state index contributed by atoms with van der Waals surface area (Å²) in [7, 11) is 0. The summed E-state index contributed by atoms with van der Waals surface area (Å²) in [6, 6.07) is 0.481. The highest BCUT2D eigenvalue weighted by atomic mass is 16.7. The van der Waals surface area contributed by atoms with E-state index in [-0.39, 0.29) is 18.3 Å². The Morgan fingerprint density at radius 2 is 1.92 bits per heavy atom. The molecule has 3 aliphatic rings. The predicted molar refractivity (Wildman–Crippen MR) is 135 cm³/mol. The van der Waals surface area contributed by atoms with Crippen LogP contribution in [0.3, 0.4) is 0 Å². The summed E-state index contributed by atoms with van der Waals surface area (Å²) < 4.78 is 7.69. The lowest BCUT2D eigenvalue weighted by atomic mass is 9.79. The summed E-state index contributed by atoms with van der Waals surface area (Å²) in [4.78, 5) is 19.4. The van der Waals surface area contributed by atoms with Crippen LogP contribution in [0.25, 0.3) is 11.0 Å². The number of aryl methyl sites for hydroxylation is 1. The number of aliphatic hydroxyl groups excluding tert-OH is 1. The van der Waals surface area contributed by atoms with Crippen molar-refractivity contribution in [1.29, 1.82) is 0 Å². The van der Waals surface area contributed by atoms with Gasteiger partial charge in [-0.2, -0.15) is 5.10 Å². The van der Waals surface area contributed by atoms with Gasteiger partial charge in [-0.3, -0.25) is 0 Å². The zero-order chi connectivity index (χ0) is 25.5. The Morgan fingerprint density at radius 3 is 2.58 bits per heavy atom. The van der Waals surface area contributed by atoms with Crippen molar-refractivity contribution < 1.29 is 29.7 Å². The third kappa shape index (κ3) is 6.07. The molecule has 5 rings (SSSR count). The molecule has 0 radical (unpaired) electrons. The molecule has 0 aromatic carbocycles. The molecule has 11 nitrogen and oxygen atoms in total. The van der Waals surface area contributed by atoms with Crippen molar-refractivity contribution in [1.82, 2.24) is 14.8 Å². The average molecular weight is 504 g/mol. The molecule has 2 saturated carbocycles. The van der Waals surface area contributed by atoms with E-state index in [9.17, 15) is 0 Å². The topological polar surface area (TPSA) is 151 Å². The molecule has 0 atom stereocenters. The Labute approximate surface area is 210 Å². The van der Waals surface area contributed by atoms with Crippen molar-refractivity contribution in [2.24, 2.45) is 5.16 Å². The van der Waals surface area contributed by atoms with E-state index in [1.165, 1.54) is 32.1 Å². The van der Waals surface area contributed by atoms with Gasteiger partial charge in [0.25, 0.3) is 0 Å². The van der Waals surface area contributed by atoms with Gasteiger partial charge in [-0.25, -0.2) is 14.5 Å². The Bertz CT molecular complexity index is 1050. The van der Waals surface area contributed by atoms with Gasteiger partial charge >= 0.3 is 6.16 Å². The van der Waals surface area contributed by atoms with E-state index in [0.717, 1.165) is 66.6 Å². The summed E-state index contributed by atoms with van der Waals surface area (Å²) in [5, 5.41) is 37.0. The summed E-state index contributed by atoms with van der Waals surface area (Å²) in [6.45, 7) is 3.38. The van der Waals surface area contributed by atoms with E-state index in [1.54, 1.807) is 0 Å². The molecular weight excluding hydrogens is 466 g/mol. The SMILES string of the molecule is CCn1ncc2c(NC3CCCCC3)c(C3=NOC4(CCC(OCCO)CC4)C3)cnc21.O=C(O)O. The zero-order valence-electron chi connectivity index (χ0n) is 20.9. The van der Waals surface area contributed by atoms with Crippen LogP contribution in [0, 0.1) is 0 Å². The maximum absolute atomic E-state index is 9.01. The molecule has 198 valence electrons. The molecule has 11 heteroatoms. The van der Waals surface area contributed by atoms with Crippen molar-refractivity contribution in [3.05, 3.63) is 18.0 Å². The number of hydrogen-bond acceptors (Lipinski definition) is 8. The highest BCUT2D eigenvalue weighted by Gasteiger charge is 2.43. The van der Waals surface area contributed by atoms with Crippen molar-refractivity contribution in [3.63, 3.8) is 0 Å². The minimum absolute atomic E-state index is 0.0757. The Morgan fingerprint density at radius 1 is 1.19 bits per heavy atom. The summed E-state index contributed by atoms with van der Waals surface area (Å²) in [5.41, 5.74) is 3.83. The van der Waals surface area contributed by atoms with Gasteiger partial charge in [-0.15, -0.1) is 0 Å². The van der Waals surface area contributed by atoms with Crippen LogP contribution < -0.4 is 5.32 Å². The number of hydrogen-bond donors (Lipinski definition) is 4. The predicted octanol–water partition coefficient (Wildman–Crippen LogP) is 4.23. The molecule has 0 saturated heterocycles. The van der Waals surface area contributed by atoms with Crippen LogP contribution in [0.4, 0.5) is 10.5 Å². The van der Waals surface area contributed by atoms with Crippen LogP contribution >= 0.6 is 0 Å². The van der Waals surface area contributed by atoms with Crippen molar-refractivity contribution >= 4 is 28.6 Å². The fourth-order valence-electron chi connectivity index (χ4n) is 5.52. The molecule has 2 aliphatic carbocycles. The van der Waals surface area contributed by atoms with E-state index in [4.69, 9.17) is 34.7 Å². The molecule has 0 unspecified atom stereocenters. The fourth-order valence-corrected chi connectivity index (χ4v) is 5.52.